The maximum atomic E-state index is 12.2. The lowest BCUT2D eigenvalue weighted by molar-refractivity contribution is -0.0501. The highest BCUT2D eigenvalue weighted by Gasteiger charge is 2.61. The van der Waals surface area contributed by atoms with E-state index in [9.17, 15) is 43.5 Å². The molecule has 2 aromatic rings. The van der Waals surface area contributed by atoms with Crippen LogP contribution in [0.15, 0.2) is 12.7 Å². The number of ether oxygens (including phenoxy) is 1. The topological polar surface area (TPSA) is 247 Å². The van der Waals surface area contributed by atoms with Crippen LogP contribution in [-0.4, -0.2) is 90.0 Å². The SMILES string of the molecule is CCN(CC)c1ncnc2c1ncn2C1OC(COP(=O)(O)OP(=O)(O)C(Br)(Br)P(=O)(O)O)C(O)C1O. The summed E-state index contributed by atoms with van der Waals surface area (Å²) in [4.78, 5) is 52.8. The first-order valence-electron chi connectivity index (χ1n) is 10.4. The number of fused-ring (bicyclic) bond motifs is 1. The molecule has 0 aromatic carbocycles. The van der Waals surface area contributed by atoms with Gasteiger partial charge in [0.1, 0.15) is 24.6 Å². The molecule has 0 spiro atoms. The summed E-state index contributed by atoms with van der Waals surface area (Å²) in [6.45, 7) is 4.21. The summed E-state index contributed by atoms with van der Waals surface area (Å²) in [7, 11) is -16.4. The van der Waals surface area contributed by atoms with Gasteiger partial charge in [-0.1, -0.05) is 0 Å². The van der Waals surface area contributed by atoms with Gasteiger partial charge in [-0.2, -0.15) is 0 Å². The van der Waals surface area contributed by atoms with Crippen LogP contribution in [0.2, 0.25) is 0 Å². The monoisotopic (exact) mass is 717 g/mol. The fraction of sp³-hybridized carbons (Fsp3) is 0.667. The minimum atomic E-state index is -5.58. The van der Waals surface area contributed by atoms with E-state index in [2.05, 4.69) is 55.6 Å². The van der Waals surface area contributed by atoms with E-state index in [1.165, 1.54) is 17.2 Å². The summed E-state index contributed by atoms with van der Waals surface area (Å²) in [5.41, 5.74) is 0.678. The van der Waals surface area contributed by atoms with E-state index in [4.69, 9.17) is 4.74 Å². The van der Waals surface area contributed by atoms with Crippen molar-refractivity contribution >= 4 is 71.9 Å². The Labute approximate surface area is 226 Å². The number of rotatable bonds is 11. The average Bonchev–Trinajstić information content (AvgIpc) is 3.33. The first kappa shape index (κ1) is 31.2. The van der Waals surface area contributed by atoms with Crippen molar-refractivity contribution in [3.8, 4) is 0 Å². The van der Waals surface area contributed by atoms with Gasteiger partial charge in [0.05, 0.1) is 12.9 Å². The number of aliphatic hydroxyl groups excluding tert-OH is 2. The van der Waals surface area contributed by atoms with Crippen LogP contribution in [0.3, 0.4) is 0 Å². The molecule has 6 unspecified atom stereocenters. The van der Waals surface area contributed by atoms with Gasteiger partial charge in [0, 0.05) is 13.1 Å². The van der Waals surface area contributed by atoms with E-state index in [1.54, 1.807) is 0 Å². The normalized spacial score (nSPS) is 26.2. The van der Waals surface area contributed by atoms with Gasteiger partial charge in [-0.15, -0.1) is 0 Å². The zero-order valence-electron chi connectivity index (χ0n) is 19.1. The molecule has 1 aliphatic rings. The van der Waals surface area contributed by atoms with E-state index in [0.29, 0.717) is 24.4 Å². The number of halogens is 2. The second kappa shape index (κ2) is 11.3. The van der Waals surface area contributed by atoms with Gasteiger partial charge in [-0.25, -0.2) is 23.8 Å². The van der Waals surface area contributed by atoms with Crippen LogP contribution in [0.1, 0.15) is 20.1 Å². The Bertz CT molecular complexity index is 1270. The minimum Gasteiger partial charge on any atom is -0.387 e. The summed E-state index contributed by atoms with van der Waals surface area (Å²) in [6.07, 6.45) is -3.33. The molecule has 0 saturated carbocycles. The molecule has 0 amide bonds. The van der Waals surface area contributed by atoms with Crippen molar-refractivity contribution in [2.24, 2.45) is 0 Å². The van der Waals surface area contributed by atoms with Crippen LogP contribution >= 0.6 is 54.9 Å². The first-order chi connectivity index (χ1) is 17.0. The second-order valence-electron chi connectivity index (χ2n) is 7.66. The van der Waals surface area contributed by atoms with Crippen molar-refractivity contribution < 1.29 is 57.1 Å². The Balaban J connectivity index is 1.77. The molecular formula is C15H24Br2N5O12P3. The van der Waals surface area contributed by atoms with Crippen molar-refractivity contribution in [2.75, 3.05) is 24.6 Å². The van der Waals surface area contributed by atoms with Gasteiger partial charge in [0.15, 0.2) is 23.2 Å². The molecule has 1 saturated heterocycles. The number of hydrogen-bond acceptors (Lipinski definition) is 12. The lowest BCUT2D eigenvalue weighted by Crippen LogP contribution is -2.33. The third kappa shape index (κ3) is 6.20. The molecule has 0 aliphatic carbocycles. The number of anilines is 1. The summed E-state index contributed by atoms with van der Waals surface area (Å²) < 4.78 is 48.5. The number of phosphoric ester groups is 1. The number of nitrogens with zero attached hydrogens (tertiary/aromatic N) is 5. The Morgan fingerprint density at radius 3 is 2.27 bits per heavy atom. The average molecular weight is 719 g/mol. The largest absolute Gasteiger partial charge is 0.479 e. The predicted octanol–water partition coefficient (Wildman–Crippen LogP) is 1.19. The Morgan fingerprint density at radius 2 is 1.70 bits per heavy atom. The lowest BCUT2D eigenvalue weighted by atomic mass is 10.1. The zero-order valence-corrected chi connectivity index (χ0v) is 24.9. The van der Waals surface area contributed by atoms with E-state index in [0.717, 1.165) is 0 Å². The van der Waals surface area contributed by atoms with Crippen molar-refractivity contribution in [3.63, 3.8) is 0 Å². The minimum absolute atomic E-state index is 0.274. The Hall–Kier alpha value is -0.360. The molecule has 2 aromatic heterocycles. The predicted molar refractivity (Wildman–Crippen MR) is 134 cm³/mol. The number of phosphoric acid groups is 1. The highest BCUT2D eigenvalue weighted by Crippen LogP contribution is 2.81. The number of aliphatic hydroxyl groups is 2. The van der Waals surface area contributed by atoms with Crippen LogP contribution in [0.4, 0.5) is 5.82 Å². The number of imidazole rings is 1. The van der Waals surface area contributed by atoms with E-state index in [1.807, 2.05) is 18.7 Å². The van der Waals surface area contributed by atoms with Gasteiger partial charge < -0.3 is 39.4 Å². The van der Waals surface area contributed by atoms with Crippen LogP contribution in [0, 0.1) is 0 Å². The van der Waals surface area contributed by atoms with Crippen LogP contribution < -0.4 is 4.90 Å². The molecule has 17 nitrogen and oxygen atoms in total. The quantitative estimate of drug-likeness (QED) is 0.141. The standard InChI is InChI=1S/C15H24Br2N5O12P3/c1-3-21(4-2)12-9-13(19-6-18-12)22(7-20-9)14-11(24)10(23)8(33-14)5-32-37(30,31)34-36(28,29)15(16,17)35(25,26)27/h6-8,10-11,14,23-24H,3-5H2,1-2H3,(H,28,29)(H,30,31)(H2,25,26,27). The summed E-state index contributed by atoms with van der Waals surface area (Å²) in [5.74, 6) is 0.540. The summed E-state index contributed by atoms with van der Waals surface area (Å²) >= 11 is 4.58. The molecule has 0 bridgehead atoms. The van der Waals surface area contributed by atoms with Gasteiger partial charge in [0.25, 0.3) is 2.72 Å². The molecule has 1 fully saturated rings. The third-order valence-corrected chi connectivity index (χ3v) is 15.9. The second-order valence-corrected chi connectivity index (χ2v) is 19.2. The molecule has 6 N–H and O–H groups in total. The van der Waals surface area contributed by atoms with E-state index in [-0.39, 0.29) is 5.65 Å². The first-order valence-corrected chi connectivity index (χ1v) is 16.6. The van der Waals surface area contributed by atoms with E-state index < -0.39 is 56.9 Å². The van der Waals surface area contributed by atoms with Gasteiger partial charge in [0.2, 0.25) is 0 Å². The molecular weight excluding hydrogens is 695 g/mol. The Kier molecular flexibility index (Phi) is 9.48. The highest BCUT2D eigenvalue weighted by atomic mass is 79.9. The van der Waals surface area contributed by atoms with Crippen LogP contribution in [-0.2, 0) is 27.3 Å². The van der Waals surface area contributed by atoms with Gasteiger partial charge in [-0.3, -0.25) is 18.2 Å². The molecule has 1 aliphatic heterocycles. The van der Waals surface area contributed by atoms with Crippen LogP contribution in [0.25, 0.3) is 11.2 Å². The highest BCUT2D eigenvalue weighted by molar-refractivity contribution is 9.29. The molecule has 210 valence electrons. The molecule has 3 rings (SSSR count). The fourth-order valence-electron chi connectivity index (χ4n) is 3.42. The molecule has 22 heteroatoms. The van der Waals surface area contributed by atoms with Crippen LogP contribution in [0.5, 0.6) is 0 Å². The Morgan fingerprint density at radius 1 is 1.08 bits per heavy atom. The number of aromatic nitrogens is 4. The lowest BCUT2D eigenvalue weighted by Gasteiger charge is -2.27. The third-order valence-electron chi connectivity index (χ3n) is 5.32. The number of alkyl halides is 2. The summed E-state index contributed by atoms with van der Waals surface area (Å²) in [5, 5.41) is 21.0. The van der Waals surface area contributed by atoms with Crippen molar-refractivity contribution in [2.45, 2.75) is 41.1 Å². The number of hydrogen-bond donors (Lipinski definition) is 6. The molecule has 3 heterocycles. The van der Waals surface area contributed by atoms with Crippen molar-refractivity contribution in [1.82, 2.24) is 19.5 Å². The van der Waals surface area contributed by atoms with Crippen molar-refractivity contribution in [1.29, 1.82) is 0 Å². The van der Waals surface area contributed by atoms with Gasteiger partial charge >= 0.3 is 23.0 Å². The maximum Gasteiger partial charge on any atom is 0.479 e. The fourth-order valence-corrected chi connectivity index (χ4v) is 8.27. The van der Waals surface area contributed by atoms with E-state index >= 15 is 0 Å². The zero-order chi connectivity index (χ0) is 28.0. The molecule has 37 heavy (non-hydrogen) atoms. The molecule has 0 radical (unpaired) electrons. The maximum absolute atomic E-state index is 12.2. The van der Waals surface area contributed by atoms with Gasteiger partial charge in [-0.05, 0) is 45.7 Å². The molecule has 6 atom stereocenters. The smallest absolute Gasteiger partial charge is 0.387 e. The summed E-state index contributed by atoms with van der Waals surface area (Å²) in [6, 6.07) is 0. The van der Waals surface area contributed by atoms with Crippen molar-refractivity contribution in [3.05, 3.63) is 12.7 Å².